The third kappa shape index (κ3) is 3.58. The lowest BCUT2D eigenvalue weighted by atomic mass is 9.92. The van der Waals surface area contributed by atoms with Crippen LogP contribution in [0.4, 0.5) is 10.1 Å². The number of halogens is 1. The maximum absolute atomic E-state index is 14.9. The molecule has 2 N–H and O–H groups in total. The Morgan fingerprint density at radius 2 is 1.82 bits per heavy atom. The summed E-state index contributed by atoms with van der Waals surface area (Å²) in [5, 5.41) is 28.1. The third-order valence-electron chi connectivity index (χ3n) is 6.41. The summed E-state index contributed by atoms with van der Waals surface area (Å²) in [6, 6.07) is 13.0. The minimum Gasteiger partial charge on any atom is -0.508 e. The molecule has 1 fully saturated rings. The van der Waals surface area contributed by atoms with Crippen molar-refractivity contribution in [3.8, 4) is 34.2 Å². The quantitative estimate of drug-likeness (QED) is 0.431. The second-order valence-corrected chi connectivity index (χ2v) is 8.58. The lowest BCUT2D eigenvalue weighted by Gasteiger charge is -2.29. The molecule has 2 aromatic heterocycles. The smallest absolute Gasteiger partial charge is 0.182 e. The van der Waals surface area contributed by atoms with E-state index < -0.39 is 5.82 Å². The fourth-order valence-electron chi connectivity index (χ4n) is 4.64. The van der Waals surface area contributed by atoms with Gasteiger partial charge in [0.05, 0.1) is 16.6 Å². The van der Waals surface area contributed by atoms with E-state index in [0.717, 1.165) is 41.5 Å². The van der Waals surface area contributed by atoms with Crippen molar-refractivity contribution in [1.82, 2.24) is 15.2 Å². The normalized spacial score (nSPS) is 13.9. The molecule has 0 saturated carbocycles. The van der Waals surface area contributed by atoms with Crippen molar-refractivity contribution in [3.05, 3.63) is 59.0 Å². The topological polar surface area (TPSA) is 88.8 Å². The van der Waals surface area contributed by atoms with Gasteiger partial charge in [0.1, 0.15) is 17.6 Å². The number of nitrogens with zero attached hydrogens (tertiary/aromatic N) is 4. The number of aromatic amines is 1. The molecule has 0 aliphatic carbocycles. The van der Waals surface area contributed by atoms with E-state index in [9.17, 15) is 14.8 Å². The number of rotatable bonds is 3. The molecule has 0 atom stereocenters. The summed E-state index contributed by atoms with van der Waals surface area (Å²) in [6.07, 6.45) is 3.66. The SMILES string of the molecule is Cc1cc(-c2nc3n[nH]c(C)c3c(-c3ccc(N4CCCCC4)cc3)c2C#N)c(F)cc1O. The summed E-state index contributed by atoms with van der Waals surface area (Å²) >= 11 is 0. The molecule has 1 aliphatic rings. The van der Waals surface area contributed by atoms with Gasteiger partial charge in [-0.05, 0) is 62.4 Å². The molecule has 33 heavy (non-hydrogen) atoms. The van der Waals surface area contributed by atoms with Gasteiger partial charge in [-0.25, -0.2) is 9.37 Å². The monoisotopic (exact) mass is 441 g/mol. The molecule has 5 rings (SSSR count). The minimum atomic E-state index is -0.639. The second-order valence-electron chi connectivity index (χ2n) is 8.58. The van der Waals surface area contributed by atoms with Gasteiger partial charge in [-0.1, -0.05) is 12.1 Å². The number of aryl methyl sites for hydroxylation is 2. The largest absolute Gasteiger partial charge is 0.508 e. The highest BCUT2D eigenvalue weighted by Crippen LogP contribution is 2.39. The number of pyridine rings is 1. The average Bonchev–Trinajstić information content (AvgIpc) is 3.21. The van der Waals surface area contributed by atoms with Crippen LogP contribution in [0.25, 0.3) is 33.4 Å². The van der Waals surface area contributed by atoms with Gasteiger partial charge in [-0.15, -0.1) is 0 Å². The number of aromatic nitrogens is 3. The molecule has 166 valence electrons. The van der Waals surface area contributed by atoms with Crippen molar-refractivity contribution in [2.45, 2.75) is 33.1 Å². The van der Waals surface area contributed by atoms with Crippen molar-refractivity contribution >= 4 is 16.7 Å². The zero-order valence-corrected chi connectivity index (χ0v) is 18.6. The average molecular weight is 442 g/mol. The van der Waals surface area contributed by atoms with E-state index in [1.54, 1.807) is 6.92 Å². The van der Waals surface area contributed by atoms with Crippen LogP contribution in [0, 0.1) is 31.0 Å². The van der Waals surface area contributed by atoms with Crippen LogP contribution in [-0.4, -0.2) is 33.4 Å². The van der Waals surface area contributed by atoms with Gasteiger partial charge in [0.2, 0.25) is 0 Å². The standard InChI is InChI=1S/C26H24FN5O/c1-15-12-19(21(27)13-22(15)33)25-20(14-28)24(23-16(2)30-31-26(23)29-25)17-6-8-18(9-7-17)32-10-4-3-5-11-32/h6-9,12-13,33H,3-5,10-11H2,1-2H3,(H,29,30,31). The number of phenols is 1. The van der Waals surface area contributed by atoms with Crippen LogP contribution >= 0.6 is 0 Å². The number of piperidine rings is 1. The van der Waals surface area contributed by atoms with E-state index in [-0.39, 0.29) is 22.6 Å². The van der Waals surface area contributed by atoms with E-state index in [1.165, 1.54) is 25.3 Å². The number of anilines is 1. The molecule has 0 amide bonds. The molecule has 6 nitrogen and oxygen atoms in total. The summed E-state index contributed by atoms with van der Waals surface area (Å²) in [5.74, 6) is -0.778. The minimum absolute atomic E-state index is 0.139. The van der Waals surface area contributed by atoms with Crippen LogP contribution in [-0.2, 0) is 0 Å². The maximum Gasteiger partial charge on any atom is 0.182 e. The first-order valence-corrected chi connectivity index (χ1v) is 11.1. The first-order valence-electron chi connectivity index (χ1n) is 11.1. The fraction of sp³-hybridized carbons (Fsp3) is 0.269. The number of nitrogens with one attached hydrogen (secondary N) is 1. The number of aromatic hydroxyl groups is 1. The van der Waals surface area contributed by atoms with Gasteiger partial charge < -0.3 is 10.0 Å². The Balaban J connectivity index is 1.73. The number of hydrogen-bond donors (Lipinski definition) is 2. The molecular formula is C26H24FN5O. The van der Waals surface area contributed by atoms with E-state index in [1.807, 2.05) is 19.1 Å². The van der Waals surface area contributed by atoms with Crippen molar-refractivity contribution in [3.63, 3.8) is 0 Å². The molecule has 1 saturated heterocycles. The highest BCUT2D eigenvalue weighted by Gasteiger charge is 2.23. The molecule has 0 radical (unpaired) electrons. The maximum atomic E-state index is 14.9. The molecule has 0 unspecified atom stereocenters. The molecule has 2 aromatic carbocycles. The van der Waals surface area contributed by atoms with Crippen molar-refractivity contribution in [2.24, 2.45) is 0 Å². The van der Waals surface area contributed by atoms with Crippen LogP contribution in [0.2, 0.25) is 0 Å². The number of fused-ring (bicyclic) bond motifs is 1. The molecule has 3 heterocycles. The predicted octanol–water partition coefficient (Wildman–Crippen LogP) is 5.62. The number of nitriles is 1. The number of H-pyrrole nitrogens is 1. The Kier molecular flexibility index (Phi) is 5.21. The van der Waals surface area contributed by atoms with Gasteiger partial charge in [-0.2, -0.15) is 10.4 Å². The summed E-state index contributed by atoms with van der Waals surface area (Å²) in [4.78, 5) is 6.93. The predicted molar refractivity (Wildman–Crippen MR) is 127 cm³/mol. The van der Waals surface area contributed by atoms with E-state index in [0.29, 0.717) is 16.8 Å². The van der Waals surface area contributed by atoms with Crippen LogP contribution in [0.5, 0.6) is 5.75 Å². The Morgan fingerprint density at radius 3 is 2.52 bits per heavy atom. The van der Waals surface area contributed by atoms with Gasteiger partial charge >= 0.3 is 0 Å². The zero-order chi connectivity index (χ0) is 23.1. The molecule has 1 aliphatic heterocycles. The van der Waals surface area contributed by atoms with Gasteiger partial charge in [0.25, 0.3) is 0 Å². The van der Waals surface area contributed by atoms with Crippen molar-refractivity contribution in [1.29, 1.82) is 5.26 Å². The lowest BCUT2D eigenvalue weighted by molar-refractivity contribution is 0.465. The number of phenolic OH excluding ortho intramolecular Hbond substituents is 1. The van der Waals surface area contributed by atoms with Crippen molar-refractivity contribution in [2.75, 3.05) is 18.0 Å². The van der Waals surface area contributed by atoms with Crippen molar-refractivity contribution < 1.29 is 9.50 Å². The molecule has 0 spiro atoms. The van der Waals surface area contributed by atoms with Gasteiger partial charge in [0, 0.05) is 41.7 Å². The summed E-state index contributed by atoms with van der Waals surface area (Å²) in [6.45, 7) is 5.66. The third-order valence-corrected chi connectivity index (χ3v) is 6.41. The van der Waals surface area contributed by atoms with E-state index in [4.69, 9.17) is 0 Å². The Bertz CT molecular complexity index is 1400. The van der Waals surface area contributed by atoms with E-state index >= 15 is 0 Å². The molecule has 0 bridgehead atoms. The first kappa shape index (κ1) is 21.0. The highest BCUT2D eigenvalue weighted by atomic mass is 19.1. The van der Waals surface area contributed by atoms with Crippen LogP contribution in [0.1, 0.15) is 36.1 Å². The van der Waals surface area contributed by atoms with Crippen LogP contribution in [0.15, 0.2) is 36.4 Å². The zero-order valence-electron chi connectivity index (χ0n) is 18.6. The Hall–Kier alpha value is -3.92. The van der Waals surface area contributed by atoms with Gasteiger partial charge in [-0.3, -0.25) is 5.10 Å². The van der Waals surface area contributed by atoms with Crippen LogP contribution < -0.4 is 4.90 Å². The number of hydrogen-bond acceptors (Lipinski definition) is 5. The Morgan fingerprint density at radius 1 is 1.09 bits per heavy atom. The molecule has 4 aromatic rings. The fourth-order valence-corrected chi connectivity index (χ4v) is 4.64. The lowest BCUT2D eigenvalue weighted by Crippen LogP contribution is -2.29. The van der Waals surface area contributed by atoms with Gasteiger partial charge in [0.15, 0.2) is 5.65 Å². The molecular weight excluding hydrogens is 417 g/mol. The Labute approximate surface area is 191 Å². The van der Waals surface area contributed by atoms with E-state index in [2.05, 4.69) is 38.3 Å². The molecule has 7 heteroatoms. The summed E-state index contributed by atoms with van der Waals surface area (Å²) in [5.41, 5.74) is 5.05. The second kappa shape index (κ2) is 8.21. The van der Waals surface area contributed by atoms with Crippen LogP contribution in [0.3, 0.4) is 0 Å². The number of benzene rings is 2. The summed E-state index contributed by atoms with van der Waals surface area (Å²) < 4.78 is 14.9. The first-order chi connectivity index (χ1) is 16.0. The highest BCUT2D eigenvalue weighted by molar-refractivity contribution is 6.01. The summed E-state index contributed by atoms with van der Waals surface area (Å²) in [7, 11) is 0.